The molecule has 0 N–H and O–H groups in total. The fraction of sp³-hybridized carbons (Fsp3) is 0.273. The van der Waals surface area contributed by atoms with Crippen molar-refractivity contribution in [2.45, 2.75) is 13.5 Å². The third kappa shape index (κ3) is 2.11. The quantitative estimate of drug-likeness (QED) is 0.814. The molecular formula is C11H10Cl2N2O3. The van der Waals surface area contributed by atoms with Crippen LogP contribution in [-0.2, 0) is 11.3 Å². The van der Waals surface area contributed by atoms with Gasteiger partial charge >= 0.3 is 5.97 Å². The smallest absolute Gasteiger partial charge is 0.374 e. The topological polar surface area (TPSA) is 57.3 Å². The van der Waals surface area contributed by atoms with Crippen molar-refractivity contribution in [1.29, 1.82) is 0 Å². The van der Waals surface area contributed by atoms with Crippen molar-refractivity contribution < 1.29 is 13.9 Å². The highest BCUT2D eigenvalue weighted by Crippen LogP contribution is 2.35. The van der Waals surface area contributed by atoms with Crippen LogP contribution in [0.3, 0.4) is 0 Å². The average molecular weight is 289 g/mol. The molecule has 0 aromatic carbocycles. The second kappa shape index (κ2) is 5.04. The van der Waals surface area contributed by atoms with E-state index in [1.54, 1.807) is 4.68 Å². The van der Waals surface area contributed by atoms with Crippen LogP contribution in [0.4, 0.5) is 0 Å². The second-order valence-corrected chi connectivity index (χ2v) is 4.20. The first-order chi connectivity index (χ1) is 8.58. The van der Waals surface area contributed by atoms with Gasteiger partial charge < -0.3 is 9.15 Å². The Hall–Kier alpha value is -1.46. The maximum absolute atomic E-state index is 11.4. The van der Waals surface area contributed by atoms with Gasteiger partial charge in [-0.15, -0.1) is 0 Å². The Bertz CT molecular complexity index is 589. The van der Waals surface area contributed by atoms with Crippen molar-refractivity contribution in [3.05, 3.63) is 28.3 Å². The summed E-state index contributed by atoms with van der Waals surface area (Å²) in [7, 11) is 1.27. The van der Waals surface area contributed by atoms with Gasteiger partial charge in [-0.2, -0.15) is 5.10 Å². The minimum absolute atomic E-state index is 0.0254. The van der Waals surface area contributed by atoms with Gasteiger partial charge in [0.05, 0.1) is 29.6 Å². The Morgan fingerprint density at radius 1 is 1.56 bits per heavy atom. The van der Waals surface area contributed by atoms with E-state index in [0.717, 1.165) is 0 Å². The van der Waals surface area contributed by atoms with E-state index in [0.29, 0.717) is 22.8 Å². The molecule has 0 aliphatic heterocycles. The molecule has 0 saturated heterocycles. The zero-order valence-corrected chi connectivity index (χ0v) is 11.2. The highest BCUT2D eigenvalue weighted by Gasteiger charge is 2.21. The molecule has 2 heterocycles. The highest BCUT2D eigenvalue weighted by atomic mass is 35.5. The number of rotatable bonds is 3. The van der Waals surface area contributed by atoms with Crippen molar-refractivity contribution in [2.24, 2.45) is 0 Å². The summed E-state index contributed by atoms with van der Waals surface area (Å²) >= 11 is 12.0. The van der Waals surface area contributed by atoms with Gasteiger partial charge in [0.15, 0.2) is 0 Å². The number of hydrogen-bond donors (Lipinski definition) is 0. The summed E-state index contributed by atoms with van der Waals surface area (Å²) in [6.45, 7) is 2.54. The Labute approximate surface area is 113 Å². The summed E-state index contributed by atoms with van der Waals surface area (Å²) in [5.74, 6) is -0.570. The lowest BCUT2D eigenvalue weighted by atomic mass is 10.2. The summed E-state index contributed by atoms with van der Waals surface area (Å²) in [6.07, 6.45) is 1.52. The fourth-order valence-electron chi connectivity index (χ4n) is 1.60. The van der Waals surface area contributed by atoms with Crippen molar-refractivity contribution in [3.8, 4) is 11.3 Å². The van der Waals surface area contributed by atoms with Gasteiger partial charge in [-0.3, -0.25) is 4.68 Å². The molecular weight excluding hydrogens is 279 g/mol. The standard InChI is InChI=1S/C11H10Cl2N2O3/c1-3-15-9(7(12)5-14-15)6-4-8(11(16)17-2)18-10(6)13/h4-5H,3H2,1-2H3. The summed E-state index contributed by atoms with van der Waals surface area (Å²) in [6, 6.07) is 1.49. The molecule has 0 saturated carbocycles. The van der Waals surface area contributed by atoms with E-state index in [1.807, 2.05) is 6.92 Å². The first-order valence-electron chi connectivity index (χ1n) is 5.17. The predicted octanol–water partition coefficient (Wildman–Crippen LogP) is 3.26. The molecule has 0 spiro atoms. The molecule has 5 nitrogen and oxygen atoms in total. The lowest BCUT2D eigenvalue weighted by Gasteiger charge is -2.02. The van der Waals surface area contributed by atoms with Gasteiger partial charge in [0, 0.05) is 12.6 Å². The van der Waals surface area contributed by atoms with Crippen LogP contribution in [0, 0.1) is 0 Å². The maximum atomic E-state index is 11.4. The number of carbonyl (C=O) groups excluding carboxylic acids is 1. The molecule has 0 atom stereocenters. The minimum Gasteiger partial charge on any atom is -0.463 e. The van der Waals surface area contributed by atoms with Crippen molar-refractivity contribution in [2.75, 3.05) is 7.11 Å². The van der Waals surface area contributed by atoms with Crippen LogP contribution < -0.4 is 0 Å². The molecule has 0 radical (unpaired) electrons. The number of aromatic nitrogens is 2. The zero-order valence-electron chi connectivity index (χ0n) is 9.74. The van der Waals surface area contributed by atoms with Crippen LogP contribution in [0.15, 0.2) is 16.7 Å². The summed E-state index contributed by atoms with van der Waals surface area (Å²) in [5, 5.41) is 4.61. The van der Waals surface area contributed by atoms with Gasteiger partial charge in [-0.05, 0) is 18.5 Å². The van der Waals surface area contributed by atoms with Crippen LogP contribution >= 0.6 is 23.2 Å². The van der Waals surface area contributed by atoms with E-state index in [-0.39, 0.29) is 11.0 Å². The third-order valence-electron chi connectivity index (χ3n) is 2.42. The number of ether oxygens (including phenoxy) is 1. The number of carbonyl (C=O) groups is 1. The molecule has 0 aliphatic rings. The number of furan rings is 1. The fourth-order valence-corrected chi connectivity index (χ4v) is 2.07. The van der Waals surface area contributed by atoms with Gasteiger partial charge in [-0.25, -0.2) is 4.79 Å². The Morgan fingerprint density at radius 2 is 2.28 bits per heavy atom. The molecule has 0 bridgehead atoms. The molecule has 96 valence electrons. The number of nitrogens with zero attached hydrogens (tertiary/aromatic N) is 2. The van der Waals surface area contributed by atoms with Crippen molar-refractivity contribution >= 4 is 29.2 Å². The Balaban J connectivity index is 2.54. The van der Waals surface area contributed by atoms with E-state index in [1.165, 1.54) is 19.4 Å². The highest BCUT2D eigenvalue weighted by molar-refractivity contribution is 6.35. The van der Waals surface area contributed by atoms with Crippen molar-refractivity contribution in [3.63, 3.8) is 0 Å². The molecule has 0 unspecified atom stereocenters. The molecule has 0 amide bonds. The number of halogens is 2. The SMILES string of the molecule is CCn1ncc(Cl)c1-c1cc(C(=O)OC)oc1Cl. The largest absolute Gasteiger partial charge is 0.463 e. The Morgan fingerprint density at radius 3 is 2.89 bits per heavy atom. The molecule has 0 fully saturated rings. The van der Waals surface area contributed by atoms with Crippen molar-refractivity contribution in [1.82, 2.24) is 9.78 Å². The summed E-state index contributed by atoms with van der Waals surface area (Å²) in [4.78, 5) is 11.4. The summed E-state index contributed by atoms with van der Waals surface area (Å²) < 4.78 is 11.4. The van der Waals surface area contributed by atoms with Crippen LogP contribution in [0.1, 0.15) is 17.5 Å². The number of methoxy groups -OCH3 is 1. The van der Waals surface area contributed by atoms with Crippen LogP contribution in [-0.4, -0.2) is 22.9 Å². The lowest BCUT2D eigenvalue weighted by molar-refractivity contribution is 0.0565. The first kappa shape index (κ1) is 13.0. The van der Waals surface area contributed by atoms with Crippen LogP contribution in [0.2, 0.25) is 10.2 Å². The number of aryl methyl sites for hydroxylation is 1. The van der Waals surface area contributed by atoms with E-state index in [4.69, 9.17) is 27.6 Å². The summed E-state index contributed by atoms with van der Waals surface area (Å²) in [5.41, 5.74) is 1.13. The number of esters is 1. The molecule has 0 aliphatic carbocycles. The average Bonchev–Trinajstić information content (AvgIpc) is 2.91. The second-order valence-electron chi connectivity index (χ2n) is 3.45. The van der Waals surface area contributed by atoms with E-state index >= 15 is 0 Å². The lowest BCUT2D eigenvalue weighted by Crippen LogP contribution is -1.99. The Kier molecular flexibility index (Phi) is 3.63. The maximum Gasteiger partial charge on any atom is 0.374 e. The third-order valence-corrected chi connectivity index (χ3v) is 2.98. The number of hydrogen-bond acceptors (Lipinski definition) is 4. The van der Waals surface area contributed by atoms with Gasteiger partial charge in [0.2, 0.25) is 11.0 Å². The van der Waals surface area contributed by atoms with Crippen LogP contribution in [0.25, 0.3) is 11.3 Å². The van der Waals surface area contributed by atoms with E-state index in [9.17, 15) is 4.79 Å². The van der Waals surface area contributed by atoms with Gasteiger partial charge in [0.1, 0.15) is 0 Å². The van der Waals surface area contributed by atoms with Crippen LogP contribution in [0.5, 0.6) is 0 Å². The normalized spacial score (nSPS) is 10.7. The van der Waals surface area contributed by atoms with Gasteiger partial charge in [-0.1, -0.05) is 11.6 Å². The minimum atomic E-state index is -0.596. The monoisotopic (exact) mass is 288 g/mol. The molecule has 2 rings (SSSR count). The molecule has 2 aromatic heterocycles. The zero-order chi connectivity index (χ0) is 13.3. The van der Waals surface area contributed by atoms with E-state index < -0.39 is 5.97 Å². The first-order valence-corrected chi connectivity index (χ1v) is 5.93. The van der Waals surface area contributed by atoms with Gasteiger partial charge in [0.25, 0.3) is 0 Å². The predicted molar refractivity (Wildman–Crippen MR) is 67.0 cm³/mol. The molecule has 18 heavy (non-hydrogen) atoms. The van der Waals surface area contributed by atoms with E-state index in [2.05, 4.69) is 9.84 Å². The molecule has 2 aromatic rings. The molecule has 7 heteroatoms.